The van der Waals surface area contributed by atoms with Crippen LogP contribution in [0.5, 0.6) is 0 Å². The lowest BCUT2D eigenvalue weighted by atomic mass is 10.1. The second kappa shape index (κ2) is 5.78. The molecule has 1 aromatic rings. The number of nitrogens with one attached hydrogen (secondary N) is 1. The van der Waals surface area contributed by atoms with Crippen molar-refractivity contribution in [1.29, 1.82) is 0 Å². The number of nitrogens with zero attached hydrogens (tertiary/aromatic N) is 2. The molecule has 1 atom stereocenters. The van der Waals surface area contributed by atoms with Gasteiger partial charge in [0.2, 0.25) is 0 Å². The van der Waals surface area contributed by atoms with Crippen molar-refractivity contribution >= 4 is 17.6 Å². The van der Waals surface area contributed by atoms with E-state index in [1.807, 2.05) is 23.4 Å². The first-order chi connectivity index (χ1) is 8.22. The third-order valence-corrected chi connectivity index (χ3v) is 4.46. The average Bonchev–Trinajstić information content (AvgIpc) is 2.59. The molecule has 1 saturated heterocycles. The van der Waals surface area contributed by atoms with Gasteiger partial charge in [0.05, 0.1) is 18.8 Å². The fourth-order valence-electron chi connectivity index (χ4n) is 2.16. The van der Waals surface area contributed by atoms with Gasteiger partial charge in [0.25, 0.3) is 0 Å². The third kappa shape index (κ3) is 2.96. The molecule has 1 aromatic heterocycles. The Hall–Kier alpha value is -0.680. The number of hydrogen-bond acceptors (Lipinski definition) is 4. The predicted octanol–water partition coefficient (Wildman–Crippen LogP) is 1.80. The van der Waals surface area contributed by atoms with E-state index in [1.54, 1.807) is 0 Å². The highest BCUT2D eigenvalue weighted by molar-refractivity contribution is 7.99. The molecular weight excluding hydrogens is 234 g/mol. The van der Waals surface area contributed by atoms with Crippen molar-refractivity contribution in [2.75, 3.05) is 23.4 Å². The summed E-state index contributed by atoms with van der Waals surface area (Å²) in [6.07, 6.45) is 2.52. The summed E-state index contributed by atoms with van der Waals surface area (Å²) in [6.45, 7) is 4.81. The van der Waals surface area contributed by atoms with Crippen molar-refractivity contribution in [2.24, 2.45) is 0 Å². The van der Waals surface area contributed by atoms with Gasteiger partial charge in [-0.3, -0.25) is 0 Å². The molecule has 2 rings (SSSR count). The van der Waals surface area contributed by atoms with E-state index >= 15 is 0 Å². The van der Waals surface area contributed by atoms with Gasteiger partial charge in [-0.1, -0.05) is 0 Å². The molecule has 96 valence electrons. The van der Waals surface area contributed by atoms with Crippen LogP contribution in [0.1, 0.15) is 24.1 Å². The number of rotatable bonds is 4. The van der Waals surface area contributed by atoms with E-state index in [-0.39, 0.29) is 6.61 Å². The number of anilines is 1. The molecule has 1 aliphatic heterocycles. The minimum atomic E-state index is 0.134. The number of aryl methyl sites for hydroxylation is 1. The molecule has 17 heavy (non-hydrogen) atoms. The van der Waals surface area contributed by atoms with Crippen LogP contribution in [-0.2, 0) is 6.54 Å². The summed E-state index contributed by atoms with van der Waals surface area (Å²) >= 11 is 2.01. The lowest BCUT2D eigenvalue weighted by Crippen LogP contribution is -2.27. The quantitative estimate of drug-likeness (QED) is 0.861. The van der Waals surface area contributed by atoms with Crippen LogP contribution >= 0.6 is 11.8 Å². The van der Waals surface area contributed by atoms with E-state index in [0.29, 0.717) is 12.6 Å². The maximum Gasteiger partial charge on any atom is 0.127 e. The lowest BCUT2D eigenvalue weighted by Gasteiger charge is -2.24. The second-order valence-corrected chi connectivity index (χ2v) is 5.71. The maximum atomic E-state index is 9.06. The zero-order valence-corrected chi connectivity index (χ0v) is 11.4. The number of aromatic nitrogens is 2. The van der Waals surface area contributed by atoms with Crippen LogP contribution < -0.4 is 5.32 Å². The van der Waals surface area contributed by atoms with Gasteiger partial charge in [0.1, 0.15) is 5.82 Å². The molecule has 0 saturated carbocycles. The maximum absolute atomic E-state index is 9.06. The number of hydrogen-bond donors (Lipinski definition) is 2. The van der Waals surface area contributed by atoms with Crippen molar-refractivity contribution in [1.82, 2.24) is 9.78 Å². The number of thioether (sulfide) groups is 1. The van der Waals surface area contributed by atoms with E-state index in [4.69, 9.17) is 5.11 Å². The zero-order valence-electron chi connectivity index (χ0n) is 10.6. The first-order valence-electron chi connectivity index (χ1n) is 6.21. The summed E-state index contributed by atoms with van der Waals surface area (Å²) in [5.41, 5.74) is 2.25. The Bertz CT molecular complexity index is 372. The molecule has 1 fully saturated rings. The molecule has 4 nitrogen and oxygen atoms in total. The Kier molecular flexibility index (Phi) is 4.34. The van der Waals surface area contributed by atoms with Crippen molar-refractivity contribution in [3.8, 4) is 0 Å². The zero-order chi connectivity index (χ0) is 12.3. The standard InChI is InChI=1S/C12H21N3OS/c1-9-10(2)14-15(5-6-16)12(9)13-11-4-3-7-17-8-11/h11,13,16H,3-8H2,1-2H3. The van der Waals surface area contributed by atoms with Crippen molar-refractivity contribution in [3.63, 3.8) is 0 Å². The molecule has 0 aromatic carbocycles. The van der Waals surface area contributed by atoms with Crippen LogP contribution in [0.15, 0.2) is 0 Å². The normalized spacial score (nSPS) is 20.5. The first kappa shape index (κ1) is 12.8. The van der Waals surface area contributed by atoms with Crippen molar-refractivity contribution in [3.05, 3.63) is 11.3 Å². The van der Waals surface area contributed by atoms with E-state index in [1.165, 1.54) is 29.9 Å². The molecule has 1 unspecified atom stereocenters. The molecule has 5 heteroatoms. The Balaban J connectivity index is 2.12. The Morgan fingerprint density at radius 3 is 3.00 bits per heavy atom. The smallest absolute Gasteiger partial charge is 0.127 e. The minimum absolute atomic E-state index is 0.134. The minimum Gasteiger partial charge on any atom is -0.394 e. The SMILES string of the molecule is Cc1nn(CCO)c(NC2CCCSC2)c1C. The molecule has 0 bridgehead atoms. The summed E-state index contributed by atoms with van der Waals surface area (Å²) in [7, 11) is 0. The van der Waals surface area contributed by atoms with Gasteiger partial charge in [0, 0.05) is 17.4 Å². The molecule has 0 aliphatic carbocycles. The fourth-order valence-corrected chi connectivity index (χ4v) is 3.23. The van der Waals surface area contributed by atoms with Crippen LogP contribution in [0.2, 0.25) is 0 Å². The van der Waals surface area contributed by atoms with Crippen LogP contribution in [0.4, 0.5) is 5.82 Å². The van der Waals surface area contributed by atoms with Gasteiger partial charge >= 0.3 is 0 Å². The predicted molar refractivity (Wildman–Crippen MR) is 72.8 cm³/mol. The van der Waals surface area contributed by atoms with Crippen LogP contribution in [0.3, 0.4) is 0 Å². The summed E-state index contributed by atoms with van der Waals surface area (Å²) < 4.78 is 1.89. The van der Waals surface area contributed by atoms with Crippen molar-refractivity contribution < 1.29 is 5.11 Å². The summed E-state index contributed by atoms with van der Waals surface area (Å²) in [6, 6.07) is 0.543. The number of aliphatic hydroxyl groups is 1. The van der Waals surface area contributed by atoms with Gasteiger partial charge in [-0.05, 0) is 32.4 Å². The average molecular weight is 255 g/mol. The molecular formula is C12H21N3OS. The van der Waals surface area contributed by atoms with E-state index in [2.05, 4.69) is 17.3 Å². The van der Waals surface area contributed by atoms with Crippen LogP contribution in [0, 0.1) is 13.8 Å². The highest BCUT2D eigenvalue weighted by atomic mass is 32.2. The Morgan fingerprint density at radius 2 is 2.35 bits per heavy atom. The van der Waals surface area contributed by atoms with E-state index < -0.39 is 0 Å². The van der Waals surface area contributed by atoms with Gasteiger partial charge in [-0.15, -0.1) is 0 Å². The largest absolute Gasteiger partial charge is 0.394 e. The fraction of sp³-hybridized carbons (Fsp3) is 0.750. The highest BCUT2D eigenvalue weighted by Gasteiger charge is 2.18. The highest BCUT2D eigenvalue weighted by Crippen LogP contribution is 2.24. The summed E-state index contributed by atoms with van der Waals surface area (Å²) in [5.74, 6) is 3.54. The number of aliphatic hydroxyl groups excluding tert-OH is 1. The van der Waals surface area contributed by atoms with Gasteiger partial charge < -0.3 is 10.4 Å². The molecule has 0 spiro atoms. The molecule has 2 heterocycles. The lowest BCUT2D eigenvalue weighted by molar-refractivity contribution is 0.270. The van der Waals surface area contributed by atoms with E-state index in [9.17, 15) is 0 Å². The topological polar surface area (TPSA) is 50.1 Å². The van der Waals surface area contributed by atoms with Crippen molar-refractivity contribution in [2.45, 2.75) is 39.3 Å². The second-order valence-electron chi connectivity index (χ2n) is 4.56. The van der Waals surface area contributed by atoms with Crippen LogP contribution in [0.25, 0.3) is 0 Å². The molecule has 1 aliphatic rings. The third-order valence-electron chi connectivity index (χ3n) is 3.24. The summed E-state index contributed by atoms with van der Waals surface area (Å²) in [5, 5.41) is 17.1. The molecule has 2 N–H and O–H groups in total. The Labute approximate surface area is 107 Å². The Morgan fingerprint density at radius 1 is 1.53 bits per heavy atom. The molecule has 0 radical (unpaired) electrons. The van der Waals surface area contributed by atoms with Gasteiger partial charge in [0.15, 0.2) is 0 Å². The van der Waals surface area contributed by atoms with Gasteiger partial charge in [-0.2, -0.15) is 16.9 Å². The van der Waals surface area contributed by atoms with Gasteiger partial charge in [-0.25, -0.2) is 4.68 Å². The summed E-state index contributed by atoms with van der Waals surface area (Å²) in [4.78, 5) is 0. The van der Waals surface area contributed by atoms with E-state index in [0.717, 1.165) is 11.5 Å². The first-order valence-corrected chi connectivity index (χ1v) is 7.37. The monoisotopic (exact) mass is 255 g/mol. The van der Waals surface area contributed by atoms with Crippen LogP contribution in [-0.4, -0.2) is 39.0 Å². The molecule has 0 amide bonds.